The van der Waals surface area contributed by atoms with Crippen LogP contribution in [0, 0.1) is 13.8 Å². The summed E-state index contributed by atoms with van der Waals surface area (Å²) in [7, 11) is 0. The van der Waals surface area contributed by atoms with E-state index in [1.54, 1.807) is 12.1 Å². The third-order valence-corrected chi connectivity index (χ3v) is 7.10. The van der Waals surface area contributed by atoms with E-state index < -0.39 is 5.97 Å². The van der Waals surface area contributed by atoms with Crippen molar-refractivity contribution in [1.82, 2.24) is 9.88 Å². The number of carbonyl (C=O) groups is 2. The first-order chi connectivity index (χ1) is 18.3. The number of aromatic nitrogens is 1. The van der Waals surface area contributed by atoms with Crippen molar-refractivity contribution in [3.8, 4) is 11.1 Å². The molecule has 4 N–H and O–H groups in total. The number of anilines is 1. The first-order valence-corrected chi connectivity index (χ1v) is 12.5. The number of fused-ring (bicyclic) bond motifs is 1. The Labute approximate surface area is 221 Å². The lowest BCUT2D eigenvalue weighted by Gasteiger charge is -2.11. The molecular weight excluding hydrogens is 474 g/mol. The SMILES string of the molecule is Cc1c(C)n(Cc2ccc(-c3ccccc3C(=O)O)cc2)c2ccc(C(=O)NCc3ccc(N)cc3)cc12. The van der Waals surface area contributed by atoms with Crippen molar-refractivity contribution in [1.29, 1.82) is 0 Å². The Balaban J connectivity index is 1.37. The molecule has 0 spiro atoms. The van der Waals surface area contributed by atoms with Crippen LogP contribution in [-0.2, 0) is 13.1 Å². The molecule has 190 valence electrons. The lowest BCUT2D eigenvalue weighted by Crippen LogP contribution is -2.22. The maximum Gasteiger partial charge on any atom is 0.336 e. The van der Waals surface area contributed by atoms with Gasteiger partial charge in [-0.05, 0) is 78.1 Å². The number of hydrogen-bond donors (Lipinski definition) is 3. The van der Waals surface area contributed by atoms with Crippen LogP contribution in [-0.4, -0.2) is 21.6 Å². The highest BCUT2D eigenvalue weighted by Gasteiger charge is 2.15. The smallest absolute Gasteiger partial charge is 0.336 e. The molecule has 38 heavy (non-hydrogen) atoms. The maximum atomic E-state index is 12.9. The predicted molar refractivity (Wildman–Crippen MR) is 151 cm³/mol. The molecule has 0 aliphatic rings. The van der Waals surface area contributed by atoms with E-state index in [2.05, 4.69) is 23.7 Å². The molecule has 1 amide bonds. The Morgan fingerprint density at radius 1 is 0.868 bits per heavy atom. The summed E-state index contributed by atoms with van der Waals surface area (Å²) in [6, 6.07) is 28.3. The fraction of sp³-hybridized carbons (Fsp3) is 0.125. The van der Waals surface area contributed by atoms with Crippen molar-refractivity contribution in [2.24, 2.45) is 0 Å². The molecule has 0 radical (unpaired) electrons. The topological polar surface area (TPSA) is 97.3 Å². The number of aryl methyl sites for hydroxylation is 1. The highest BCUT2D eigenvalue weighted by Crippen LogP contribution is 2.29. The number of carbonyl (C=O) groups excluding carboxylic acids is 1. The van der Waals surface area contributed by atoms with Gasteiger partial charge in [0.05, 0.1) is 5.56 Å². The van der Waals surface area contributed by atoms with Crippen molar-refractivity contribution in [3.63, 3.8) is 0 Å². The maximum absolute atomic E-state index is 12.9. The number of nitrogen functional groups attached to an aromatic ring is 1. The average molecular weight is 504 g/mol. The molecule has 1 heterocycles. The molecule has 5 rings (SSSR count). The van der Waals surface area contributed by atoms with Crippen molar-refractivity contribution in [2.75, 3.05) is 5.73 Å². The highest BCUT2D eigenvalue weighted by molar-refractivity contribution is 5.99. The van der Waals surface area contributed by atoms with Gasteiger partial charge in [0.2, 0.25) is 0 Å². The molecule has 5 aromatic rings. The summed E-state index contributed by atoms with van der Waals surface area (Å²) in [5.41, 5.74) is 14.3. The number of aromatic carboxylic acids is 1. The molecule has 6 nitrogen and oxygen atoms in total. The van der Waals surface area contributed by atoms with E-state index in [-0.39, 0.29) is 11.5 Å². The number of hydrogen-bond acceptors (Lipinski definition) is 3. The molecule has 0 aliphatic carbocycles. The zero-order chi connectivity index (χ0) is 26.8. The third-order valence-electron chi connectivity index (χ3n) is 7.10. The number of amides is 1. The van der Waals surface area contributed by atoms with Crippen LogP contribution < -0.4 is 11.1 Å². The van der Waals surface area contributed by atoms with E-state index in [1.165, 1.54) is 0 Å². The van der Waals surface area contributed by atoms with Crippen molar-refractivity contribution < 1.29 is 14.7 Å². The summed E-state index contributed by atoms with van der Waals surface area (Å²) in [5, 5.41) is 13.6. The van der Waals surface area contributed by atoms with Crippen LogP contribution in [0.3, 0.4) is 0 Å². The summed E-state index contributed by atoms with van der Waals surface area (Å²) in [4.78, 5) is 24.5. The van der Waals surface area contributed by atoms with E-state index >= 15 is 0 Å². The van der Waals surface area contributed by atoms with Gasteiger partial charge in [-0.1, -0.05) is 54.6 Å². The van der Waals surface area contributed by atoms with Gasteiger partial charge in [0, 0.05) is 40.9 Å². The molecule has 6 heteroatoms. The molecule has 0 saturated heterocycles. The largest absolute Gasteiger partial charge is 0.478 e. The normalized spacial score (nSPS) is 11.0. The third kappa shape index (κ3) is 4.89. The molecule has 0 atom stereocenters. The first-order valence-electron chi connectivity index (χ1n) is 12.5. The monoisotopic (exact) mass is 503 g/mol. The zero-order valence-corrected chi connectivity index (χ0v) is 21.4. The van der Waals surface area contributed by atoms with Gasteiger partial charge in [-0.2, -0.15) is 0 Å². The minimum atomic E-state index is -0.937. The van der Waals surface area contributed by atoms with Crippen molar-refractivity contribution in [2.45, 2.75) is 26.9 Å². The van der Waals surface area contributed by atoms with E-state index in [1.807, 2.05) is 78.9 Å². The number of carboxylic acid groups (broad SMARTS) is 1. The fourth-order valence-corrected chi connectivity index (χ4v) is 4.81. The molecule has 1 aromatic heterocycles. The van der Waals surface area contributed by atoms with E-state index in [9.17, 15) is 14.7 Å². The molecule has 4 aromatic carbocycles. The van der Waals surface area contributed by atoms with Gasteiger partial charge in [-0.15, -0.1) is 0 Å². The zero-order valence-electron chi connectivity index (χ0n) is 21.4. The minimum absolute atomic E-state index is 0.120. The number of nitrogens with one attached hydrogen (secondary N) is 1. The summed E-state index contributed by atoms with van der Waals surface area (Å²) in [6.45, 7) is 5.27. The van der Waals surface area contributed by atoms with Crippen molar-refractivity contribution >= 4 is 28.5 Å². The second-order valence-corrected chi connectivity index (χ2v) is 9.50. The molecule has 0 bridgehead atoms. The minimum Gasteiger partial charge on any atom is -0.478 e. The summed E-state index contributed by atoms with van der Waals surface area (Å²) in [6.07, 6.45) is 0. The number of benzene rings is 4. The molecule has 0 saturated carbocycles. The van der Waals surface area contributed by atoms with E-state index in [4.69, 9.17) is 5.73 Å². The second-order valence-electron chi connectivity index (χ2n) is 9.50. The quantitative estimate of drug-likeness (QED) is 0.231. The van der Waals surface area contributed by atoms with Crippen LogP contribution in [0.15, 0.2) is 91.0 Å². The van der Waals surface area contributed by atoms with Gasteiger partial charge in [-0.3, -0.25) is 4.79 Å². The molecule has 0 unspecified atom stereocenters. The first kappa shape index (κ1) is 24.8. The van der Waals surface area contributed by atoms with Crippen LogP contribution in [0.2, 0.25) is 0 Å². The average Bonchev–Trinajstić information content (AvgIpc) is 3.17. The molecular formula is C32H29N3O3. The van der Waals surface area contributed by atoms with Gasteiger partial charge >= 0.3 is 5.97 Å². The number of nitrogens with two attached hydrogens (primary N) is 1. The Morgan fingerprint density at radius 2 is 1.55 bits per heavy atom. The summed E-state index contributed by atoms with van der Waals surface area (Å²) in [5.74, 6) is -1.06. The summed E-state index contributed by atoms with van der Waals surface area (Å²) < 4.78 is 2.25. The second kappa shape index (κ2) is 10.3. The van der Waals surface area contributed by atoms with Gasteiger partial charge in [0.25, 0.3) is 5.91 Å². The standard InChI is InChI=1S/C32H29N3O3/c1-20-21(2)35(19-23-7-11-24(12-8-23)27-5-3-4-6-28(27)32(37)38)30-16-13-25(17-29(20)30)31(36)34-18-22-9-14-26(33)15-10-22/h3-17H,18-19,33H2,1-2H3,(H,34,36)(H,37,38). The van der Waals surface area contributed by atoms with Crippen LogP contribution >= 0.6 is 0 Å². The molecule has 0 fully saturated rings. The van der Waals surface area contributed by atoms with Gasteiger partial charge < -0.3 is 20.7 Å². The van der Waals surface area contributed by atoms with Crippen LogP contribution in [0.1, 0.15) is 43.1 Å². The Hall–Kier alpha value is -4.84. The molecule has 0 aliphatic heterocycles. The Kier molecular flexibility index (Phi) is 6.71. The fourth-order valence-electron chi connectivity index (χ4n) is 4.81. The Bertz CT molecular complexity index is 1650. The van der Waals surface area contributed by atoms with Gasteiger partial charge in [-0.25, -0.2) is 4.79 Å². The lowest BCUT2D eigenvalue weighted by molar-refractivity contribution is 0.0697. The highest BCUT2D eigenvalue weighted by atomic mass is 16.4. The summed E-state index contributed by atoms with van der Waals surface area (Å²) >= 11 is 0. The predicted octanol–water partition coefficient (Wildman–Crippen LogP) is 6.18. The van der Waals surface area contributed by atoms with Crippen LogP contribution in [0.25, 0.3) is 22.0 Å². The van der Waals surface area contributed by atoms with Gasteiger partial charge in [0.15, 0.2) is 0 Å². The van der Waals surface area contributed by atoms with Gasteiger partial charge in [0.1, 0.15) is 0 Å². The van der Waals surface area contributed by atoms with E-state index in [0.717, 1.165) is 38.9 Å². The lowest BCUT2D eigenvalue weighted by atomic mass is 9.99. The number of rotatable bonds is 7. The Morgan fingerprint density at radius 3 is 2.26 bits per heavy atom. The van der Waals surface area contributed by atoms with Crippen LogP contribution in [0.5, 0.6) is 0 Å². The number of nitrogens with zero attached hydrogens (tertiary/aromatic N) is 1. The number of carboxylic acids is 1. The van der Waals surface area contributed by atoms with Crippen LogP contribution in [0.4, 0.5) is 5.69 Å². The van der Waals surface area contributed by atoms with Crippen molar-refractivity contribution in [3.05, 3.63) is 125 Å². The van der Waals surface area contributed by atoms with E-state index in [0.29, 0.717) is 29.9 Å².